The van der Waals surface area contributed by atoms with E-state index in [0.717, 1.165) is 36.3 Å². The fraction of sp³-hybridized carbons (Fsp3) is 0.438. The molecular formula is C16H20FNO2. The number of benzene rings is 1. The molecule has 0 spiro atoms. The van der Waals surface area contributed by atoms with Crippen molar-refractivity contribution in [1.29, 1.82) is 0 Å². The Morgan fingerprint density at radius 3 is 2.95 bits per heavy atom. The number of nitrogens with zero attached hydrogens (tertiary/aromatic N) is 1. The minimum atomic E-state index is 0.259. The van der Waals surface area contributed by atoms with Gasteiger partial charge < -0.3 is 9.15 Å². The second-order valence-electron chi connectivity index (χ2n) is 4.75. The first-order valence-electron chi connectivity index (χ1n) is 7.07. The van der Waals surface area contributed by atoms with Crippen molar-refractivity contribution in [1.82, 2.24) is 4.98 Å². The lowest BCUT2D eigenvalue weighted by atomic mass is 10.2. The minimum Gasteiger partial charge on any atom is -0.489 e. The van der Waals surface area contributed by atoms with E-state index in [1.54, 1.807) is 0 Å². The average Bonchev–Trinajstić information content (AvgIpc) is 2.88. The number of halogens is 1. The van der Waals surface area contributed by atoms with Gasteiger partial charge in [0.1, 0.15) is 17.9 Å². The molecule has 1 aromatic heterocycles. The molecule has 0 fully saturated rings. The van der Waals surface area contributed by atoms with Crippen LogP contribution in [0.15, 0.2) is 34.5 Å². The van der Waals surface area contributed by atoms with E-state index < -0.39 is 0 Å². The molecule has 0 aliphatic heterocycles. The van der Waals surface area contributed by atoms with Crippen molar-refractivity contribution in [3.63, 3.8) is 0 Å². The van der Waals surface area contributed by atoms with E-state index in [1.165, 1.54) is 0 Å². The number of fused-ring (bicyclic) bond motifs is 1. The highest BCUT2D eigenvalue weighted by molar-refractivity contribution is 5.74. The summed E-state index contributed by atoms with van der Waals surface area (Å²) >= 11 is 0. The molecule has 20 heavy (non-hydrogen) atoms. The van der Waals surface area contributed by atoms with Gasteiger partial charge in [-0.3, -0.25) is 0 Å². The summed E-state index contributed by atoms with van der Waals surface area (Å²) in [5, 5.41) is 0. The lowest BCUT2D eigenvalue weighted by Gasteiger charge is -2.06. The van der Waals surface area contributed by atoms with Gasteiger partial charge in [0.2, 0.25) is 0 Å². The third-order valence-corrected chi connectivity index (χ3v) is 3.18. The summed E-state index contributed by atoms with van der Waals surface area (Å²) in [6, 6.07) is 5.51. The number of rotatable bonds is 7. The lowest BCUT2D eigenvalue weighted by Crippen LogP contribution is -1.99. The lowest BCUT2D eigenvalue weighted by molar-refractivity contribution is 0.345. The van der Waals surface area contributed by atoms with E-state index in [2.05, 4.69) is 11.9 Å². The van der Waals surface area contributed by atoms with Crippen LogP contribution < -0.4 is 4.74 Å². The fourth-order valence-electron chi connectivity index (χ4n) is 1.86. The Kier molecular flexibility index (Phi) is 5.16. The molecule has 1 aromatic carbocycles. The normalized spacial score (nSPS) is 12.1. The van der Waals surface area contributed by atoms with Gasteiger partial charge >= 0.3 is 0 Å². The van der Waals surface area contributed by atoms with Gasteiger partial charge in [0, 0.05) is 12.5 Å². The fourth-order valence-corrected chi connectivity index (χ4v) is 1.86. The van der Waals surface area contributed by atoms with Gasteiger partial charge in [-0.25, -0.2) is 9.37 Å². The molecule has 0 aliphatic rings. The van der Waals surface area contributed by atoms with E-state index in [9.17, 15) is 4.39 Å². The summed E-state index contributed by atoms with van der Waals surface area (Å²) in [6.45, 7) is 4.29. The summed E-state index contributed by atoms with van der Waals surface area (Å²) in [7, 11) is 0. The molecular weight excluding hydrogens is 257 g/mol. The first-order chi connectivity index (χ1) is 9.76. The molecule has 108 valence electrons. The molecule has 0 N–H and O–H groups in total. The van der Waals surface area contributed by atoms with Crippen molar-refractivity contribution < 1.29 is 13.5 Å². The number of aromatic nitrogens is 1. The molecule has 2 aromatic rings. The molecule has 0 saturated heterocycles. The van der Waals surface area contributed by atoms with Gasteiger partial charge in [0.25, 0.3) is 0 Å². The highest BCUT2D eigenvalue weighted by Crippen LogP contribution is 2.23. The number of aryl methyl sites for hydroxylation is 1. The third kappa shape index (κ3) is 3.59. The van der Waals surface area contributed by atoms with Gasteiger partial charge in [-0.05, 0) is 30.5 Å². The maximum atomic E-state index is 12.5. The number of ether oxygens (including phenoxy) is 1. The smallest absolute Gasteiger partial charge is 0.195 e. The van der Waals surface area contributed by atoms with Crippen LogP contribution in [0, 0.1) is 0 Å². The van der Waals surface area contributed by atoms with Crippen molar-refractivity contribution >= 4 is 11.1 Å². The molecule has 1 heterocycles. The Morgan fingerprint density at radius 2 is 2.25 bits per heavy atom. The molecule has 4 heteroatoms. The first-order valence-corrected chi connectivity index (χ1v) is 7.07. The van der Waals surface area contributed by atoms with Crippen LogP contribution in [0.4, 0.5) is 4.39 Å². The van der Waals surface area contributed by atoms with Crippen molar-refractivity contribution in [3.8, 4) is 5.75 Å². The van der Waals surface area contributed by atoms with Crippen LogP contribution in [0.25, 0.3) is 11.1 Å². The Balaban J connectivity index is 2.08. The molecule has 0 amide bonds. The summed E-state index contributed by atoms with van der Waals surface area (Å²) in [6.07, 6.45) is 4.28. The van der Waals surface area contributed by atoms with Gasteiger partial charge in [-0.2, -0.15) is 0 Å². The van der Waals surface area contributed by atoms with Gasteiger partial charge in [-0.1, -0.05) is 20.3 Å². The largest absolute Gasteiger partial charge is 0.489 e. The maximum Gasteiger partial charge on any atom is 0.195 e. The topological polar surface area (TPSA) is 35.3 Å². The van der Waals surface area contributed by atoms with Gasteiger partial charge in [0.05, 0.1) is 6.33 Å². The SMILES string of the molecule is CCCCc1nc2ccc(OC/C(=C/F)CC)cc2o1. The highest BCUT2D eigenvalue weighted by Gasteiger charge is 2.07. The van der Waals surface area contributed by atoms with Crippen molar-refractivity contribution in [3.05, 3.63) is 36.0 Å². The van der Waals surface area contributed by atoms with Crippen LogP contribution in [-0.4, -0.2) is 11.6 Å². The van der Waals surface area contributed by atoms with E-state index in [-0.39, 0.29) is 6.61 Å². The molecule has 0 unspecified atom stereocenters. The maximum absolute atomic E-state index is 12.5. The Hall–Kier alpha value is -1.84. The highest BCUT2D eigenvalue weighted by atomic mass is 19.1. The Labute approximate surface area is 118 Å². The van der Waals surface area contributed by atoms with Gasteiger partial charge in [0.15, 0.2) is 11.5 Å². The molecule has 0 bridgehead atoms. The predicted molar refractivity (Wildman–Crippen MR) is 77.6 cm³/mol. The van der Waals surface area contributed by atoms with Crippen LogP contribution in [0.3, 0.4) is 0 Å². The summed E-state index contributed by atoms with van der Waals surface area (Å²) < 4.78 is 23.7. The number of hydrogen-bond acceptors (Lipinski definition) is 3. The van der Waals surface area contributed by atoms with Crippen LogP contribution in [0.1, 0.15) is 39.0 Å². The number of unbranched alkanes of at least 4 members (excludes halogenated alkanes) is 1. The zero-order valence-corrected chi connectivity index (χ0v) is 12.0. The van der Waals surface area contributed by atoms with Crippen LogP contribution in [-0.2, 0) is 6.42 Å². The molecule has 0 aliphatic carbocycles. The molecule has 2 rings (SSSR count). The Bertz CT molecular complexity index is 589. The van der Waals surface area contributed by atoms with E-state index in [0.29, 0.717) is 24.1 Å². The second kappa shape index (κ2) is 7.08. The van der Waals surface area contributed by atoms with Crippen LogP contribution >= 0.6 is 0 Å². The zero-order valence-electron chi connectivity index (χ0n) is 12.0. The Morgan fingerprint density at radius 1 is 1.40 bits per heavy atom. The summed E-state index contributed by atoms with van der Waals surface area (Å²) in [5.74, 6) is 1.43. The van der Waals surface area contributed by atoms with Crippen molar-refractivity contribution in [2.45, 2.75) is 39.5 Å². The number of oxazole rings is 1. The summed E-state index contributed by atoms with van der Waals surface area (Å²) in [5.41, 5.74) is 2.18. The predicted octanol–water partition coefficient (Wildman–Crippen LogP) is 4.81. The minimum absolute atomic E-state index is 0.259. The van der Waals surface area contributed by atoms with Gasteiger partial charge in [-0.15, -0.1) is 0 Å². The molecule has 0 atom stereocenters. The van der Waals surface area contributed by atoms with E-state index >= 15 is 0 Å². The van der Waals surface area contributed by atoms with E-state index in [1.807, 2.05) is 25.1 Å². The van der Waals surface area contributed by atoms with E-state index in [4.69, 9.17) is 9.15 Å². The summed E-state index contributed by atoms with van der Waals surface area (Å²) in [4.78, 5) is 4.43. The third-order valence-electron chi connectivity index (χ3n) is 3.18. The standard InChI is InChI=1S/C16H20FNO2/c1-3-5-6-16-18-14-8-7-13(9-15(14)20-16)19-11-12(4-2)10-17/h7-10H,3-6,11H2,1-2H3/b12-10+. The van der Waals surface area contributed by atoms with Crippen LogP contribution in [0.2, 0.25) is 0 Å². The van der Waals surface area contributed by atoms with Crippen molar-refractivity contribution in [2.24, 2.45) is 0 Å². The van der Waals surface area contributed by atoms with Crippen LogP contribution in [0.5, 0.6) is 5.75 Å². The molecule has 0 saturated carbocycles. The molecule has 0 radical (unpaired) electrons. The monoisotopic (exact) mass is 277 g/mol. The second-order valence-corrected chi connectivity index (χ2v) is 4.75. The van der Waals surface area contributed by atoms with Crippen molar-refractivity contribution in [2.75, 3.05) is 6.61 Å². The average molecular weight is 277 g/mol. The molecule has 3 nitrogen and oxygen atoms in total. The first kappa shape index (κ1) is 14.6. The quantitative estimate of drug-likeness (QED) is 0.728. The number of hydrogen-bond donors (Lipinski definition) is 0. The zero-order chi connectivity index (χ0) is 14.4.